The van der Waals surface area contributed by atoms with Gasteiger partial charge in [-0.15, -0.1) is 0 Å². The van der Waals surface area contributed by atoms with Crippen molar-refractivity contribution >= 4 is 6.29 Å². The number of nitrogens with one attached hydrogen (secondary N) is 1. The molecule has 4 heterocycles. The first-order valence-electron chi connectivity index (χ1n) is 22.0. The summed E-state index contributed by atoms with van der Waals surface area (Å²) < 4.78 is 37.6. The highest BCUT2D eigenvalue weighted by Gasteiger charge is 2.22. The predicted molar refractivity (Wildman–Crippen MR) is 245 cm³/mol. The number of nitrogens with zero attached hydrogens (tertiary/aromatic N) is 4. The van der Waals surface area contributed by atoms with Gasteiger partial charge in [0.2, 0.25) is 0 Å². The van der Waals surface area contributed by atoms with Gasteiger partial charge >= 0.3 is 0 Å². The third-order valence-corrected chi connectivity index (χ3v) is 11.4. The van der Waals surface area contributed by atoms with Crippen molar-refractivity contribution in [3.8, 4) is 11.5 Å². The van der Waals surface area contributed by atoms with E-state index in [4.69, 9.17) is 15.2 Å². The number of benzene rings is 4. The number of hydrogen-bond acceptors (Lipinski definition) is 9. The second-order valence-electron chi connectivity index (χ2n) is 15.9. The highest BCUT2D eigenvalue weighted by atomic mass is 19.1. The summed E-state index contributed by atoms with van der Waals surface area (Å²) in [6.45, 7) is 8.48. The second-order valence-corrected chi connectivity index (χ2v) is 15.9. The summed E-state index contributed by atoms with van der Waals surface area (Å²) >= 11 is 0. The number of piperidine rings is 2. The molecular formula is C52H60F2N6O3. The lowest BCUT2D eigenvalue weighted by atomic mass is 9.95. The maximum atomic E-state index is 13.4. The standard InChI is InChI=1S/C26H30FN3O.C14H19NO2.C12H11FN2/c27-23-11-9-22(10-12-23)26(25-8-4-5-15-28-25)29-20-21-13-16-30(17-14-21)18-19-31-24-6-2-1-3-7-24;16-12-13-6-8-15(9-7-13)10-11-17-14-4-2-1-3-5-14;13-10-6-4-9(5-7-10)12(14)11-3-1-2-8-15-11/h1-12,15,21,26,29H,13-14,16-20H2;1-5,12-13H,6-11H2;1-8,12H,14H2. The van der Waals surface area contributed by atoms with Crippen molar-refractivity contribution in [2.45, 2.75) is 37.8 Å². The molecule has 2 unspecified atom stereocenters. The first kappa shape index (κ1) is 46.6. The minimum Gasteiger partial charge on any atom is -0.492 e. The summed E-state index contributed by atoms with van der Waals surface area (Å²) in [4.78, 5) is 24.2. The SMILES string of the molecule is Fc1ccc(C(NCC2CCN(CCOc3ccccc3)CC2)c2ccccn2)cc1.NC(c1ccc(F)cc1)c1ccccn1.O=CC1CCN(CCOc2ccccc2)CC1. The van der Waals surface area contributed by atoms with Crippen molar-refractivity contribution in [2.75, 3.05) is 59.0 Å². The lowest BCUT2D eigenvalue weighted by molar-refractivity contribution is -0.112. The van der Waals surface area contributed by atoms with E-state index < -0.39 is 0 Å². The van der Waals surface area contributed by atoms with Crippen LogP contribution in [0.3, 0.4) is 0 Å². The minimum atomic E-state index is -0.299. The van der Waals surface area contributed by atoms with E-state index in [1.165, 1.54) is 24.3 Å². The molecule has 0 saturated carbocycles. The Morgan fingerprint density at radius 1 is 0.603 bits per heavy atom. The number of rotatable bonds is 16. The Bertz CT molecular complexity index is 2120. The predicted octanol–water partition coefficient (Wildman–Crippen LogP) is 8.94. The lowest BCUT2D eigenvalue weighted by Gasteiger charge is -2.33. The van der Waals surface area contributed by atoms with Crippen LogP contribution in [-0.2, 0) is 4.79 Å². The largest absolute Gasteiger partial charge is 0.492 e. The number of carbonyl (C=O) groups is 1. The zero-order valence-electron chi connectivity index (χ0n) is 35.9. The summed E-state index contributed by atoms with van der Waals surface area (Å²) in [6.07, 6.45) is 8.91. The van der Waals surface area contributed by atoms with Crippen molar-refractivity contribution in [1.29, 1.82) is 0 Å². The fourth-order valence-corrected chi connectivity index (χ4v) is 7.63. The molecule has 4 aromatic carbocycles. The van der Waals surface area contributed by atoms with Gasteiger partial charge < -0.3 is 25.3 Å². The molecule has 6 aromatic rings. The molecule has 2 saturated heterocycles. The van der Waals surface area contributed by atoms with Crippen molar-refractivity contribution in [2.24, 2.45) is 17.6 Å². The van der Waals surface area contributed by atoms with Crippen LogP contribution in [0.25, 0.3) is 0 Å². The van der Waals surface area contributed by atoms with E-state index in [2.05, 4.69) is 25.1 Å². The van der Waals surface area contributed by atoms with E-state index in [-0.39, 0.29) is 29.6 Å². The monoisotopic (exact) mass is 854 g/mol. The average molecular weight is 855 g/mol. The van der Waals surface area contributed by atoms with Crippen LogP contribution in [0, 0.1) is 23.5 Å². The number of pyridine rings is 2. The maximum absolute atomic E-state index is 13.4. The Kier molecular flexibility index (Phi) is 19.2. The topological polar surface area (TPSA) is 106 Å². The first-order valence-corrected chi connectivity index (χ1v) is 22.0. The molecule has 2 fully saturated rings. The number of hydrogen-bond donors (Lipinski definition) is 2. The average Bonchev–Trinajstić information content (AvgIpc) is 3.34. The van der Waals surface area contributed by atoms with Gasteiger partial charge in [-0.2, -0.15) is 0 Å². The molecule has 2 aliphatic heterocycles. The Balaban J connectivity index is 0.000000174. The molecule has 0 aliphatic carbocycles. The van der Waals surface area contributed by atoms with Gasteiger partial charge in [-0.05, 0) is 148 Å². The summed E-state index contributed by atoms with van der Waals surface area (Å²) in [5.41, 5.74) is 9.62. The number of ether oxygens (including phenoxy) is 2. The molecule has 63 heavy (non-hydrogen) atoms. The fourth-order valence-electron chi connectivity index (χ4n) is 7.63. The molecule has 8 rings (SSSR count). The summed E-state index contributed by atoms with van der Waals surface area (Å²) in [6, 6.07) is 43.9. The van der Waals surface area contributed by atoms with Crippen LogP contribution in [-0.4, -0.2) is 85.1 Å². The zero-order valence-corrected chi connectivity index (χ0v) is 35.9. The highest BCUT2D eigenvalue weighted by molar-refractivity contribution is 5.53. The van der Waals surface area contributed by atoms with Crippen LogP contribution in [0.4, 0.5) is 8.78 Å². The van der Waals surface area contributed by atoms with Gasteiger partial charge in [-0.1, -0.05) is 72.8 Å². The van der Waals surface area contributed by atoms with Crippen molar-refractivity contribution in [3.63, 3.8) is 0 Å². The summed E-state index contributed by atoms with van der Waals surface area (Å²) in [5, 5.41) is 3.69. The van der Waals surface area contributed by atoms with Gasteiger partial charge in [0.05, 0.1) is 23.5 Å². The van der Waals surface area contributed by atoms with Crippen LogP contribution in [0.2, 0.25) is 0 Å². The maximum Gasteiger partial charge on any atom is 0.123 e. The number of carbonyl (C=O) groups excluding carboxylic acids is 1. The van der Waals surface area contributed by atoms with Crippen molar-refractivity contribution in [3.05, 3.63) is 192 Å². The van der Waals surface area contributed by atoms with Crippen LogP contribution in [0.5, 0.6) is 11.5 Å². The van der Waals surface area contributed by atoms with Crippen molar-refractivity contribution < 1.29 is 23.0 Å². The lowest BCUT2D eigenvalue weighted by Crippen LogP contribution is -2.40. The molecule has 2 aromatic heterocycles. The van der Waals surface area contributed by atoms with Gasteiger partial charge in [-0.3, -0.25) is 19.8 Å². The van der Waals surface area contributed by atoms with Crippen LogP contribution in [0.15, 0.2) is 158 Å². The molecule has 0 bridgehead atoms. The van der Waals surface area contributed by atoms with E-state index in [9.17, 15) is 13.6 Å². The number of para-hydroxylation sites is 2. The van der Waals surface area contributed by atoms with Gasteiger partial charge in [0.25, 0.3) is 0 Å². The van der Waals surface area contributed by atoms with Gasteiger partial charge in [0, 0.05) is 31.4 Å². The third-order valence-electron chi connectivity index (χ3n) is 11.4. The van der Waals surface area contributed by atoms with Crippen LogP contribution >= 0.6 is 0 Å². The first-order chi connectivity index (χ1) is 30.9. The second kappa shape index (κ2) is 25.9. The molecule has 0 spiro atoms. The third kappa shape index (κ3) is 16.1. The Labute approximate surface area is 371 Å². The Morgan fingerprint density at radius 2 is 1.06 bits per heavy atom. The summed E-state index contributed by atoms with van der Waals surface area (Å²) in [5.74, 6) is 2.29. The van der Waals surface area contributed by atoms with Gasteiger partial charge in [-0.25, -0.2) is 8.78 Å². The van der Waals surface area contributed by atoms with Gasteiger partial charge in [0.1, 0.15) is 42.6 Å². The Morgan fingerprint density at radius 3 is 1.54 bits per heavy atom. The van der Waals surface area contributed by atoms with Crippen LogP contribution < -0.4 is 20.5 Å². The summed E-state index contributed by atoms with van der Waals surface area (Å²) in [7, 11) is 0. The normalized spacial score (nSPS) is 15.7. The number of nitrogens with two attached hydrogens (primary N) is 1. The molecule has 0 amide bonds. The van der Waals surface area contributed by atoms with Crippen molar-refractivity contribution in [1.82, 2.24) is 25.1 Å². The van der Waals surface area contributed by atoms with E-state index in [1.807, 2.05) is 115 Å². The van der Waals surface area contributed by atoms with E-state index in [0.29, 0.717) is 5.92 Å². The molecular weight excluding hydrogens is 795 g/mol. The van der Waals surface area contributed by atoms with E-state index in [1.54, 1.807) is 18.3 Å². The highest BCUT2D eigenvalue weighted by Crippen LogP contribution is 2.24. The minimum absolute atomic E-state index is 0.0286. The van der Waals surface area contributed by atoms with Gasteiger partial charge in [0.15, 0.2) is 0 Å². The number of likely N-dealkylation sites (tertiary alicyclic amines) is 2. The van der Waals surface area contributed by atoms with E-state index in [0.717, 1.165) is 125 Å². The smallest absolute Gasteiger partial charge is 0.123 e. The molecule has 2 aliphatic rings. The number of aldehydes is 1. The van der Waals surface area contributed by atoms with Crippen LogP contribution in [0.1, 0.15) is 60.3 Å². The Hall–Kier alpha value is -5.85. The molecule has 11 heteroatoms. The van der Waals surface area contributed by atoms with E-state index >= 15 is 0 Å². The molecule has 9 nitrogen and oxygen atoms in total. The molecule has 0 radical (unpaired) electrons. The number of halogens is 2. The molecule has 330 valence electrons. The molecule has 3 N–H and O–H groups in total. The zero-order chi connectivity index (χ0) is 43.9. The quantitative estimate of drug-likeness (QED) is 0.0924. The fraction of sp³-hybridized carbons (Fsp3) is 0.327. The molecule has 2 atom stereocenters. The number of aromatic nitrogens is 2.